The smallest absolute Gasteiger partial charge is 0.300 e. The molecule has 21 heavy (non-hydrogen) atoms. The molecule has 0 aliphatic heterocycles. The van der Waals surface area contributed by atoms with Gasteiger partial charge in [0.2, 0.25) is 0 Å². The van der Waals surface area contributed by atoms with Gasteiger partial charge in [0.05, 0.1) is 11.5 Å². The maximum Gasteiger partial charge on any atom is 0.331 e. The molecule has 110 valence electrons. The van der Waals surface area contributed by atoms with Gasteiger partial charge in [-0.15, -0.1) is 0 Å². The number of hydrogen-bond acceptors (Lipinski definition) is 4. The molecule has 0 aliphatic rings. The third-order valence-electron chi connectivity index (χ3n) is 3.12. The minimum Gasteiger partial charge on any atom is -0.300 e. The largest absolute Gasteiger partial charge is 0.331 e. The Balaban J connectivity index is 2.50. The quantitative estimate of drug-likeness (QED) is 0.614. The SMILES string of the molecule is CCCn1ccc(=O)n(Cc2ccccc2[N+](=O)[O-])c1=O. The Labute approximate surface area is 120 Å². The first-order valence-electron chi connectivity index (χ1n) is 6.57. The predicted octanol–water partition coefficient (Wildman–Crippen LogP) is 1.38. The molecule has 0 saturated heterocycles. The van der Waals surface area contributed by atoms with Crippen LogP contribution in [-0.4, -0.2) is 14.1 Å². The van der Waals surface area contributed by atoms with Crippen LogP contribution >= 0.6 is 0 Å². The van der Waals surface area contributed by atoms with E-state index < -0.39 is 16.2 Å². The van der Waals surface area contributed by atoms with E-state index >= 15 is 0 Å². The molecule has 2 aromatic rings. The Hall–Kier alpha value is -2.70. The van der Waals surface area contributed by atoms with Crippen LogP contribution in [0, 0.1) is 10.1 Å². The lowest BCUT2D eigenvalue weighted by atomic mass is 10.2. The third kappa shape index (κ3) is 3.07. The third-order valence-corrected chi connectivity index (χ3v) is 3.12. The zero-order chi connectivity index (χ0) is 15.4. The molecule has 0 atom stereocenters. The van der Waals surface area contributed by atoms with Crippen molar-refractivity contribution in [1.29, 1.82) is 0 Å². The summed E-state index contributed by atoms with van der Waals surface area (Å²) in [6, 6.07) is 7.38. The van der Waals surface area contributed by atoms with Crippen molar-refractivity contribution in [3.63, 3.8) is 0 Å². The maximum absolute atomic E-state index is 12.2. The van der Waals surface area contributed by atoms with E-state index in [9.17, 15) is 19.7 Å². The van der Waals surface area contributed by atoms with Crippen LogP contribution in [0.3, 0.4) is 0 Å². The van der Waals surface area contributed by atoms with Crippen LogP contribution in [-0.2, 0) is 13.1 Å². The van der Waals surface area contributed by atoms with E-state index in [0.29, 0.717) is 12.1 Å². The summed E-state index contributed by atoms with van der Waals surface area (Å²) in [5, 5.41) is 11.0. The van der Waals surface area contributed by atoms with E-state index in [4.69, 9.17) is 0 Å². The molecule has 1 aromatic carbocycles. The normalized spacial score (nSPS) is 10.5. The summed E-state index contributed by atoms with van der Waals surface area (Å²) >= 11 is 0. The first-order valence-corrected chi connectivity index (χ1v) is 6.57. The lowest BCUT2D eigenvalue weighted by molar-refractivity contribution is -0.385. The molecule has 0 amide bonds. The highest BCUT2D eigenvalue weighted by Crippen LogP contribution is 2.17. The fourth-order valence-electron chi connectivity index (χ4n) is 2.11. The number of benzene rings is 1. The molecular formula is C14H15N3O4. The van der Waals surface area contributed by atoms with Crippen LogP contribution in [0.25, 0.3) is 0 Å². The molecule has 7 heteroatoms. The van der Waals surface area contributed by atoms with Gasteiger partial charge in [-0.3, -0.25) is 19.5 Å². The number of nitro groups is 1. The molecule has 2 rings (SSSR count). The lowest BCUT2D eigenvalue weighted by Gasteiger charge is -2.09. The van der Waals surface area contributed by atoms with E-state index in [1.807, 2.05) is 6.92 Å². The van der Waals surface area contributed by atoms with Crippen LogP contribution in [0.1, 0.15) is 18.9 Å². The predicted molar refractivity (Wildman–Crippen MR) is 77.5 cm³/mol. The van der Waals surface area contributed by atoms with Crippen molar-refractivity contribution in [1.82, 2.24) is 9.13 Å². The molecule has 7 nitrogen and oxygen atoms in total. The van der Waals surface area contributed by atoms with Gasteiger partial charge < -0.3 is 4.57 Å². The first-order chi connectivity index (χ1) is 10.0. The second-order valence-electron chi connectivity index (χ2n) is 4.60. The van der Waals surface area contributed by atoms with Crippen molar-refractivity contribution in [2.75, 3.05) is 0 Å². The number of rotatable bonds is 5. The molecule has 0 unspecified atom stereocenters. The van der Waals surface area contributed by atoms with E-state index in [2.05, 4.69) is 0 Å². The number of aryl methyl sites for hydroxylation is 1. The Morgan fingerprint density at radius 3 is 2.57 bits per heavy atom. The molecule has 0 bridgehead atoms. The average molecular weight is 289 g/mol. The molecule has 1 aromatic heterocycles. The zero-order valence-corrected chi connectivity index (χ0v) is 11.6. The van der Waals surface area contributed by atoms with Gasteiger partial charge in [-0.25, -0.2) is 4.79 Å². The molecule has 0 aliphatic carbocycles. The summed E-state index contributed by atoms with van der Waals surface area (Å²) < 4.78 is 2.44. The summed E-state index contributed by atoms with van der Waals surface area (Å²) in [6.45, 7) is 2.30. The van der Waals surface area contributed by atoms with Gasteiger partial charge >= 0.3 is 5.69 Å². The summed E-state index contributed by atoms with van der Waals surface area (Å²) in [5.74, 6) is 0. The van der Waals surface area contributed by atoms with Gasteiger partial charge in [-0.2, -0.15) is 0 Å². The topological polar surface area (TPSA) is 87.1 Å². The summed E-state index contributed by atoms with van der Waals surface area (Å²) in [7, 11) is 0. The summed E-state index contributed by atoms with van der Waals surface area (Å²) in [6.07, 6.45) is 2.20. The van der Waals surface area contributed by atoms with Gasteiger partial charge in [0.1, 0.15) is 0 Å². The fourth-order valence-corrected chi connectivity index (χ4v) is 2.11. The maximum atomic E-state index is 12.2. The van der Waals surface area contributed by atoms with E-state index in [1.165, 1.54) is 22.9 Å². The highest BCUT2D eigenvalue weighted by atomic mass is 16.6. The number of para-hydroxylation sites is 1. The minimum absolute atomic E-state index is 0.102. The molecule has 0 fully saturated rings. The number of hydrogen-bond donors (Lipinski definition) is 0. The number of nitrogens with zero attached hydrogens (tertiary/aromatic N) is 3. The second kappa shape index (κ2) is 6.17. The monoisotopic (exact) mass is 289 g/mol. The van der Waals surface area contributed by atoms with Crippen LogP contribution in [0.5, 0.6) is 0 Å². The van der Waals surface area contributed by atoms with Gasteiger partial charge in [0.25, 0.3) is 11.2 Å². The van der Waals surface area contributed by atoms with Gasteiger partial charge in [-0.1, -0.05) is 25.1 Å². The van der Waals surface area contributed by atoms with Crippen LogP contribution in [0.15, 0.2) is 46.1 Å². The van der Waals surface area contributed by atoms with Gasteiger partial charge in [0, 0.05) is 30.4 Å². The van der Waals surface area contributed by atoms with E-state index in [-0.39, 0.29) is 12.2 Å². The first kappa shape index (κ1) is 14.7. The lowest BCUT2D eigenvalue weighted by Crippen LogP contribution is -2.39. The molecule has 0 N–H and O–H groups in total. The molecule has 0 radical (unpaired) electrons. The van der Waals surface area contributed by atoms with Crippen molar-refractivity contribution >= 4 is 5.69 Å². The van der Waals surface area contributed by atoms with Crippen molar-refractivity contribution in [2.45, 2.75) is 26.4 Å². The van der Waals surface area contributed by atoms with Crippen molar-refractivity contribution < 1.29 is 4.92 Å². The molecule has 1 heterocycles. The highest BCUT2D eigenvalue weighted by Gasteiger charge is 2.14. The van der Waals surface area contributed by atoms with Crippen molar-refractivity contribution in [3.8, 4) is 0 Å². The minimum atomic E-state index is -0.520. The molecule has 0 spiro atoms. The van der Waals surface area contributed by atoms with Gasteiger partial charge in [-0.05, 0) is 6.42 Å². The Bertz CT molecular complexity index is 776. The summed E-state index contributed by atoms with van der Waals surface area (Å²) in [4.78, 5) is 34.5. The van der Waals surface area contributed by atoms with Crippen molar-refractivity contribution in [3.05, 3.63) is 73.0 Å². The number of nitro benzene ring substituents is 1. The standard InChI is InChI=1S/C14H15N3O4/c1-2-8-15-9-7-13(18)16(14(15)19)10-11-5-3-4-6-12(11)17(20)21/h3-7,9H,2,8,10H2,1H3. The van der Waals surface area contributed by atoms with Crippen LogP contribution < -0.4 is 11.2 Å². The van der Waals surface area contributed by atoms with E-state index in [0.717, 1.165) is 11.0 Å². The molecular weight excluding hydrogens is 274 g/mol. The Kier molecular flexibility index (Phi) is 4.32. The van der Waals surface area contributed by atoms with E-state index in [1.54, 1.807) is 18.2 Å². The second-order valence-corrected chi connectivity index (χ2v) is 4.60. The Morgan fingerprint density at radius 1 is 1.19 bits per heavy atom. The zero-order valence-electron chi connectivity index (χ0n) is 11.6. The van der Waals surface area contributed by atoms with Gasteiger partial charge in [0.15, 0.2) is 0 Å². The van der Waals surface area contributed by atoms with Crippen LogP contribution in [0.2, 0.25) is 0 Å². The number of aromatic nitrogens is 2. The fraction of sp³-hybridized carbons (Fsp3) is 0.286. The van der Waals surface area contributed by atoms with Crippen molar-refractivity contribution in [2.24, 2.45) is 0 Å². The Morgan fingerprint density at radius 2 is 1.90 bits per heavy atom. The highest BCUT2D eigenvalue weighted by molar-refractivity contribution is 5.39. The summed E-state index contributed by atoms with van der Waals surface area (Å²) in [5.41, 5.74) is -0.696. The van der Waals surface area contributed by atoms with Crippen LogP contribution in [0.4, 0.5) is 5.69 Å². The average Bonchev–Trinajstić information content (AvgIpc) is 2.47. The molecule has 0 saturated carbocycles.